The summed E-state index contributed by atoms with van der Waals surface area (Å²) in [6, 6.07) is 4.01. The molecule has 0 saturated heterocycles. The van der Waals surface area contributed by atoms with Crippen molar-refractivity contribution in [1.29, 1.82) is 0 Å². The van der Waals surface area contributed by atoms with Gasteiger partial charge in [0, 0.05) is 6.04 Å². The van der Waals surface area contributed by atoms with E-state index in [0.717, 1.165) is 12.2 Å². The molecule has 100 valence electrons. The van der Waals surface area contributed by atoms with Gasteiger partial charge in [-0.15, -0.1) is 0 Å². The number of thioether (sulfide) groups is 1. The van der Waals surface area contributed by atoms with Crippen LogP contribution >= 0.6 is 23.4 Å². The number of amides is 1. The van der Waals surface area contributed by atoms with Gasteiger partial charge in [0.15, 0.2) is 0 Å². The summed E-state index contributed by atoms with van der Waals surface area (Å²) >= 11 is 7.31. The predicted molar refractivity (Wildman–Crippen MR) is 75.6 cm³/mol. The fraction of sp³-hybridized carbons (Fsp3) is 0.417. The monoisotopic (exact) mass is 290 g/mol. The molecule has 1 aromatic rings. The highest BCUT2D eigenvalue weighted by Crippen LogP contribution is 2.22. The van der Waals surface area contributed by atoms with E-state index in [1.807, 2.05) is 6.92 Å². The molecule has 6 heteroatoms. The molecular formula is C12H16ClFN2OS. The first-order valence-corrected chi connectivity index (χ1v) is 7.10. The van der Waals surface area contributed by atoms with E-state index in [2.05, 4.69) is 5.32 Å². The lowest BCUT2D eigenvalue weighted by Crippen LogP contribution is -2.17. The molecule has 0 bridgehead atoms. The highest BCUT2D eigenvalue weighted by atomic mass is 35.5. The minimum Gasteiger partial charge on any atom is -0.328 e. The number of carbonyl (C=O) groups is 1. The summed E-state index contributed by atoms with van der Waals surface area (Å²) in [6.45, 7) is 1.93. The average molecular weight is 291 g/mol. The molecule has 1 aromatic carbocycles. The summed E-state index contributed by atoms with van der Waals surface area (Å²) in [7, 11) is 0. The van der Waals surface area contributed by atoms with Crippen LogP contribution in [0.2, 0.25) is 5.02 Å². The maximum absolute atomic E-state index is 12.8. The van der Waals surface area contributed by atoms with Crippen LogP contribution in [0.1, 0.15) is 13.3 Å². The minimum atomic E-state index is -0.427. The lowest BCUT2D eigenvalue weighted by molar-refractivity contribution is -0.113. The van der Waals surface area contributed by atoms with Crippen LogP contribution in [0.5, 0.6) is 0 Å². The topological polar surface area (TPSA) is 55.1 Å². The van der Waals surface area contributed by atoms with Crippen molar-refractivity contribution in [3.05, 3.63) is 29.0 Å². The first-order chi connectivity index (χ1) is 8.49. The van der Waals surface area contributed by atoms with Crippen LogP contribution in [0, 0.1) is 5.82 Å². The molecule has 1 rings (SSSR count). The summed E-state index contributed by atoms with van der Waals surface area (Å²) in [4.78, 5) is 11.6. The van der Waals surface area contributed by atoms with Crippen molar-refractivity contribution >= 4 is 35.0 Å². The van der Waals surface area contributed by atoms with E-state index in [0.29, 0.717) is 11.4 Å². The van der Waals surface area contributed by atoms with Gasteiger partial charge in [0.2, 0.25) is 5.91 Å². The Labute approximate surface area is 115 Å². The van der Waals surface area contributed by atoms with Crippen LogP contribution < -0.4 is 11.1 Å². The number of carbonyl (C=O) groups excluding carboxylic acids is 1. The summed E-state index contributed by atoms with van der Waals surface area (Å²) in [5, 5.41) is 2.83. The third-order valence-corrected chi connectivity index (χ3v) is 3.46. The van der Waals surface area contributed by atoms with Crippen molar-refractivity contribution in [1.82, 2.24) is 0 Å². The van der Waals surface area contributed by atoms with Gasteiger partial charge < -0.3 is 11.1 Å². The molecule has 0 spiro atoms. The lowest BCUT2D eigenvalue weighted by Gasteiger charge is -2.07. The quantitative estimate of drug-likeness (QED) is 0.792. The van der Waals surface area contributed by atoms with Crippen LogP contribution in [0.3, 0.4) is 0 Å². The standard InChI is InChI=1S/C12H16ClFN2OS/c1-8(15)4-5-18-7-12(17)16-11-3-2-9(14)6-10(11)13/h2-3,6,8H,4-5,7,15H2,1H3,(H,16,17). The number of anilines is 1. The minimum absolute atomic E-state index is 0.145. The molecule has 0 aromatic heterocycles. The normalized spacial score (nSPS) is 12.2. The molecule has 0 aliphatic carbocycles. The maximum atomic E-state index is 12.8. The summed E-state index contributed by atoms with van der Waals surface area (Å²) < 4.78 is 12.8. The van der Waals surface area contributed by atoms with Gasteiger partial charge >= 0.3 is 0 Å². The van der Waals surface area contributed by atoms with E-state index in [9.17, 15) is 9.18 Å². The zero-order valence-corrected chi connectivity index (χ0v) is 11.7. The summed E-state index contributed by atoms with van der Waals surface area (Å²) in [5.41, 5.74) is 6.03. The summed E-state index contributed by atoms with van der Waals surface area (Å²) in [6.07, 6.45) is 0.870. The van der Waals surface area contributed by atoms with Crippen molar-refractivity contribution in [3.63, 3.8) is 0 Å². The van der Waals surface area contributed by atoms with Crippen LogP contribution in [0.4, 0.5) is 10.1 Å². The van der Waals surface area contributed by atoms with Crippen molar-refractivity contribution in [2.24, 2.45) is 5.73 Å². The third-order valence-electron chi connectivity index (χ3n) is 2.16. The molecule has 0 radical (unpaired) electrons. The van der Waals surface area contributed by atoms with E-state index in [1.165, 1.54) is 30.0 Å². The molecule has 0 fully saturated rings. The van der Waals surface area contributed by atoms with Gasteiger partial charge in [0.25, 0.3) is 0 Å². The van der Waals surface area contributed by atoms with Crippen LogP contribution in [0.15, 0.2) is 18.2 Å². The largest absolute Gasteiger partial charge is 0.328 e. The van der Waals surface area contributed by atoms with Crippen molar-refractivity contribution in [3.8, 4) is 0 Å². The zero-order valence-electron chi connectivity index (χ0n) is 10.1. The van der Waals surface area contributed by atoms with Gasteiger partial charge in [-0.3, -0.25) is 4.79 Å². The van der Waals surface area contributed by atoms with Crippen LogP contribution in [-0.4, -0.2) is 23.5 Å². The number of benzene rings is 1. The number of hydrogen-bond acceptors (Lipinski definition) is 3. The van der Waals surface area contributed by atoms with Crippen molar-refractivity contribution in [2.45, 2.75) is 19.4 Å². The van der Waals surface area contributed by atoms with Crippen LogP contribution in [-0.2, 0) is 4.79 Å². The SMILES string of the molecule is CC(N)CCSCC(=O)Nc1ccc(F)cc1Cl. The van der Waals surface area contributed by atoms with Gasteiger partial charge in [-0.2, -0.15) is 11.8 Å². The second-order valence-corrected chi connectivity index (χ2v) is 5.50. The molecule has 1 amide bonds. The number of halogens is 2. The van der Waals surface area contributed by atoms with Gasteiger partial charge in [-0.05, 0) is 37.3 Å². The average Bonchev–Trinajstić information content (AvgIpc) is 2.28. The van der Waals surface area contributed by atoms with Gasteiger partial charge in [-0.1, -0.05) is 11.6 Å². The Kier molecular flexibility index (Phi) is 6.46. The van der Waals surface area contributed by atoms with E-state index in [-0.39, 0.29) is 17.0 Å². The third kappa shape index (κ3) is 5.71. The van der Waals surface area contributed by atoms with Gasteiger partial charge in [-0.25, -0.2) is 4.39 Å². The van der Waals surface area contributed by atoms with E-state index in [4.69, 9.17) is 17.3 Å². The lowest BCUT2D eigenvalue weighted by atomic mass is 10.3. The number of hydrogen-bond donors (Lipinski definition) is 2. The molecule has 0 aliphatic rings. The fourth-order valence-corrected chi connectivity index (χ4v) is 2.37. The van der Waals surface area contributed by atoms with E-state index in [1.54, 1.807) is 0 Å². The second kappa shape index (κ2) is 7.61. The van der Waals surface area contributed by atoms with Gasteiger partial charge in [0.1, 0.15) is 5.82 Å². The molecule has 18 heavy (non-hydrogen) atoms. The van der Waals surface area contributed by atoms with E-state index < -0.39 is 5.82 Å². The molecular weight excluding hydrogens is 275 g/mol. The first-order valence-electron chi connectivity index (χ1n) is 5.57. The second-order valence-electron chi connectivity index (χ2n) is 3.99. The first kappa shape index (κ1) is 15.3. The van der Waals surface area contributed by atoms with Crippen molar-refractivity contribution < 1.29 is 9.18 Å². The Balaban J connectivity index is 2.35. The van der Waals surface area contributed by atoms with Crippen LogP contribution in [0.25, 0.3) is 0 Å². The molecule has 0 saturated carbocycles. The highest BCUT2D eigenvalue weighted by molar-refractivity contribution is 7.99. The van der Waals surface area contributed by atoms with Gasteiger partial charge in [0.05, 0.1) is 16.5 Å². The Morgan fingerprint density at radius 2 is 2.33 bits per heavy atom. The van der Waals surface area contributed by atoms with E-state index >= 15 is 0 Å². The molecule has 0 aliphatic heterocycles. The molecule has 3 nitrogen and oxygen atoms in total. The Hall–Kier alpha value is -0.780. The van der Waals surface area contributed by atoms with Crippen molar-refractivity contribution in [2.75, 3.05) is 16.8 Å². The Morgan fingerprint density at radius 1 is 1.61 bits per heavy atom. The Bertz CT molecular complexity index is 415. The summed E-state index contributed by atoms with van der Waals surface area (Å²) in [5.74, 6) is 0.588. The maximum Gasteiger partial charge on any atom is 0.234 e. The zero-order chi connectivity index (χ0) is 13.5. The number of rotatable bonds is 6. The fourth-order valence-electron chi connectivity index (χ4n) is 1.21. The smallest absolute Gasteiger partial charge is 0.234 e. The molecule has 3 N–H and O–H groups in total. The molecule has 1 unspecified atom stereocenters. The molecule has 1 atom stereocenters. The Morgan fingerprint density at radius 3 is 2.94 bits per heavy atom. The predicted octanol–water partition coefficient (Wildman–Crippen LogP) is 2.89. The number of nitrogens with one attached hydrogen (secondary N) is 1. The highest BCUT2D eigenvalue weighted by Gasteiger charge is 2.07. The number of nitrogens with two attached hydrogens (primary N) is 1. The molecule has 0 heterocycles.